The topological polar surface area (TPSA) is 60.9 Å². The van der Waals surface area contributed by atoms with E-state index in [0.29, 0.717) is 13.1 Å². The zero-order valence-electron chi connectivity index (χ0n) is 19.6. The summed E-state index contributed by atoms with van der Waals surface area (Å²) in [5, 5.41) is 1.94. The van der Waals surface area contributed by atoms with Crippen molar-refractivity contribution in [1.82, 2.24) is 14.1 Å². The Labute approximate surface area is 210 Å². The van der Waals surface area contributed by atoms with Gasteiger partial charge in [-0.15, -0.1) is 11.3 Å². The number of sulfonamides is 1. The van der Waals surface area contributed by atoms with Crippen LogP contribution in [0.4, 0.5) is 4.39 Å². The lowest BCUT2D eigenvalue weighted by Gasteiger charge is -2.28. The minimum Gasteiger partial charge on any atom is -0.332 e. The standard InChI is InChI=1S/C26H30FN3O3S2/c27-23-12-10-22(11-13-23)19-29(20-24-7-6-18-34-24)26(31)21-30(17-16-28-14-4-5-15-28)35(32,33)25-8-2-1-3-9-25/h1-3,6-13,18H,4-5,14-17,19-21H2. The highest BCUT2D eigenvalue weighted by Gasteiger charge is 2.29. The molecule has 0 aliphatic carbocycles. The van der Waals surface area contributed by atoms with Crippen LogP contribution in [0.5, 0.6) is 0 Å². The maximum Gasteiger partial charge on any atom is 0.243 e. The Kier molecular flexibility index (Phi) is 8.67. The number of hydrogen-bond acceptors (Lipinski definition) is 5. The number of rotatable bonds is 11. The molecule has 0 unspecified atom stereocenters. The Morgan fingerprint density at radius 2 is 1.66 bits per heavy atom. The van der Waals surface area contributed by atoms with Gasteiger partial charge in [0.2, 0.25) is 15.9 Å². The van der Waals surface area contributed by atoms with E-state index in [0.717, 1.165) is 36.4 Å². The molecule has 2 aromatic carbocycles. The molecule has 0 spiro atoms. The molecule has 1 amide bonds. The number of halogens is 1. The van der Waals surface area contributed by atoms with Gasteiger partial charge in [0, 0.05) is 24.5 Å². The second-order valence-electron chi connectivity index (χ2n) is 8.66. The number of carbonyl (C=O) groups excluding carboxylic acids is 1. The molecular weight excluding hydrogens is 485 g/mol. The van der Waals surface area contributed by atoms with E-state index >= 15 is 0 Å². The Hall–Kier alpha value is -2.59. The zero-order valence-corrected chi connectivity index (χ0v) is 21.2. The summed E-state index contributed by atoms with van der Waals surface area (Å²) >= 11 is 1.54. The van der Waals surface area contributed by atoms with Gasteiger partial charge in [0.05, 0.1) is 18.0 Å². The molecule has 0 N–H and O–H groups in total. The predicted molar refractivity (Wildman–Crippen MR) is 136 cm³/mol. The van der Waals surface area contributed by atoms with Crippen molar-refractivity contribution in [2.24, 2.45) is 0 Å². The molecule has 1 fully saturated rings. The molecule has 3 aromatic rings. The number of nitrogens with zero attached hydrogens (tertiary/aromatic N) is 3. The lowest BCUT2D eigenvalue weighted by molar-refractivity contribution is -0.132. The first-order valence-electron chi connectivity index (χ1n) is 11.7. The highest BCUT2D eigenvalue weighted by atomic mass is 32.2. The second kappa shape index (κ2) is 11.9. The average molecular weight is 516 g/mol. The number of likely N-dealkylation sites (tertiary alicyclic amines) is 1. The van der Waals surface area contributed by atoms with Crippen LogP contribution >= 0.6 is 11.3 Å². The lowest BCUT2D eigenvalue weighted by Crippen LogP contribution is -2.45. The van der Waals surface area contributed by atoms with Crippen molar-refractivity contribution in [2.45, 2.75) is 30.8 Å². The first-order valence-corrected chi connectivity index (χ1v) is 14.1. The van der Waals surface area contributed by atoms with Crippen LogP contribution in [0.3, 0.4) is 0 Å². The Bertz CT molecular complexity index is 1180. The Morgan fingerprint density at radius 3 is 2.31 bits per heavy atom. The van der Waals surface area contributed by atoms with E-state index in [2.05, 4.69) is 4.90 Å². The van der Waals surface area contributed by atoms with E-state index in [1.54, 1.807) is 47.4 Å². The number of thiophene rings is 1. The molecule has 0 bridgehead atoms. The molecule has 2 heterocycles. The molecule has 1 aliphatic rings. The summed E-state index contributed by atoms with van der Waals surface area (Å²) in [7, 11) is -3.85. The van der Waals surface area contributed by atoms with Crippen molar-refractivity contribution in [3.8, 4) is 0 Å². The third kappa shape index (κ3) is 6.98. The summed E-state index contributed by atoms with van der Waals surface area (Å²) in [4.78, 5) is 18.6. The van der Waals surface area contributed by atoms with Crippen molar-refractivity contribution in [3.63, 3.8) is 0 Å². The summed E-state index contributed by atoms with van der Waals surface area (Å²) < 4.78 is 41.7. The molecule has 0 atom stereocenters. The van der Waals surface area contributed by atoms with Gasteiger partial charge >= 0.3 is 0 Å². The molecule has 1 aliphatic heterocycles. The number of carbonyl (C=O) groups is 1. The highest BCUT2D eigenvalue weighted by Crippen LogP contribution is 2.19. The van der Waals surface area contributed by atoms with E-state index in [-0.39, 0.29) is 36.3 Å². The van der Waals surface area contributed by atoms with Gasteiger partial charge in [-0.1, -0.05) is 36.4 Å². The van der Waals surface area contributed by atoms with Gasteiger partial charge in [-0.2, -0.15) is 4.31 Å². The van der Waals surface area contributed by atoms with Crippen LogP contribution in [0.25, 0.3) is 0 Å². The van der Waals surface area contributed by atoms with Crippen molar-refractivity contribution in [2.75, 3.05) is 32.7 Å². The maximum absolute atomic E-state index is 13.6. The van der Waals surface area contributed by atoms with E-state index in [9.17, 15) is 17.6 Å². The summed E-state index contributed by atoms with van der Waals surface area (Å²) in [5.41, 5.74) is 0.783. The molecule has 6 nitrogen and oxygen atoms in total. The van der Waals surface area contributed by atoms with E-state index in [1.165, 1.54) is 27.8 Å². The zero-order chi connectivity index (χ0) is 24.7. The molecule has 9 heteroatoms. The fraction of sp³-hybridized carbons (Fsp3) is 0.346. The summed E-state index contributed by atoms with van der Waals surface area (Å²) in [6, 6.07) is 18.2. The third-order valence-corrected chi connectivity index (χ3v) is 8.84. The number of benzene rings is 2. The quantitative estimate of drug-likeness (QED) is 0.384. The monoisotopic (exact) mass is 515 g/mol. The highest BCUT2D eigenvalue weighted by molar-refractivity contribution is 7.89. The maximum atomic E-state index is 13.6. The van der Waals surface area contributed by atoms with Crippen LogP contribution < -0.4 is 0 Å². The van der Waals surface area contributed by atoms with Crippen molar-refractivity contribution >= 4 is 27.3 Å². The molecule has 4 rings (SSSR count). The minimum absolute atomic E-state index is 0.178. The molecule has 0 saturated carbocycles. The van der Waals surface area contributed by atoms with Gasteiger partial charge in [-0.3, -0.25) is 4.79 Å². The first kappa shape index (κ1) is 25.5. The summed E-state index contributed by atoms with van der Waals surface area (Å²) in [6.07, 6.45) is 2.22. The van der Waals surface area contributed by atoms with Crippen molar-refractivity contribution in [1.29, 1.82) is 0 Å². The normalized spacial score (nSPS) is 14.5. The van der Waals surface area contributed by atoms with Crippen LogP contribution in [0.2, 0.25) is 0 Å². The van der Waals surface area contributed by atoms with Gasteiger partial charge in [-0.05, 0) is 67.2 Å². The fourth-order valence-corrected chi connectivity index (χ4v) is 6.29. The van der Waals surface area contributed by atoms with Gasteiger partial charge < -0.3 is 9.80 Å². The van der Waals surface area contributed by atoms with Crippen LogP contribution in [0.1, 0.15) is 23.3 Å². The SMILES string of the molecule is O=C(CN(CCN1CCCC1)S(=O)(=O)c1ccccc1)N(Cc1ccc(F)cc1)Cc1cccs1. The molecular formula is C26H30FN3O3S2. The first-order chi connectivity index (χ1) is 16.9. The smallest absolute Gasteiger partial charge is 0.243 e. The number of amides is 1. The molecule has 1 aromatic heterocycles. The van der Waals surface area contributed by atoms with E-state index in [4.69, 9.17) is 0 Å². The second-order valence-corrected chi connectivity index (χ2v) is 11.6. The van der Waals surface area contributed by atoms with E-state index < -0.39 is 10.0 Å². The average Bonchev–Trinajstić information content (AvgIpc) is 3.57. The predicted octanol–water partition coefficient (Wildman–Crippen LogP) is 4.20. The lowest BCUT2D eigenvalue weighted by atomic mass is 10.2. The van der Waals surface area contributed by atoms with Crippen LogP contribution in [0, 0.1) is 5.82 Å². The fourth-order valence-electron chi connectivity index (χ4n) is 4.17. The Balaban J connectivity index is 1.56. The van der Waals surface area contributed by atoms with Crippen molar-refractivity contribution in [3.05, 3.63) is 88.4 Å². The van der Waals surface area contributed by atoms with Crippen LogP contribution in [-0.4, -0.2) is 61.2 Å². The Morgan fingerprint density at radius 1 is 0.943 bits per heavy atom. The van der Waals surface area contributed by atoms with Crippen molar-refractivity contribution < 1.29 is 17.6 Å². The van der Waals surface area contributed by atoms with Gasteiger partial charge in [-0.25, -0.2) is 12.8 Å². The molecule has 35 heavy (non-hydrogen) atoms. The molecule has 1 saturated heterocycles. The number of hydrogen-bond donors (Lipinski definition) is 0. The van der Waals surface area contributed by atoms with Crippen LogP contribution in [0.15, 0.2) is 77.0 Å². The minimum atomic E-state index is -3.85. The largest absolute Gasteiger partial charge is 0.332 e. The van der Waals surface area contributed by atoms with Crippen LogP contribution in [-0.2, 0) is 27.9 Å². The summed E-state index contributed by atoms with van der Waals surface area (Å²) in [5.74, 6) is -0.629. The summed E-state index contributed by atoms with van der Waals surface area (Å²) in [6.45, 7) is 3.10. The van der Waals surface area contributed by atoms with E-state index in [1.807, 2.05) is 17.5 Å². The molecule has 0 radical (unpaired) electrons. The molecule has 186 valence electrons. The van der Waals surface area contributed by atoms with Gasteiger partial charge in [0.1, 0.15) is 5.82 Å². The van der Waals surface area contributed by atoms with Gasteiger partial charge in [0.15, 0.2) is 0 Å². The van der Waals surface area contributed by atoms with Gasteiger partial charge in [0.25, 0.3) is 0 Å². The third-order valence-electron chi connectivity index (χ3n) is 6.12.